The molecule has 94 valence electrons. The van der Waals surface area contributed by atoms with E-state index >= 15 is 0 Å². The monoisotopic (exact) mass is 232 g/mol. The van der Waals surface area contributed by atoms with Gasteiger partial charge >= 0.3 is 5.97 Å². The third-order valence-corrected chi connectivity index (χ3v) is 2.96. The second kappa shape index (κ2) is 4.80. The lowest BCUT2D eigenvalue weighted by molar-refractivity contribution is -0.145. The number of hydrogen-bond acceptors (Lipinski definition) is 4. The van der Waals surface area contributed by atoms with Crippen LogP contribution in [0.25, 0.3) is 0 Å². The Hall–Kier alpha value is -1.14. The van der Waals surface area contributed by atoms with Crippen molar-refractivity contribution in [2.45, 2.75) is 39.3 Å². The SMILES string of the molecule is CC(C)(N)C(C)(C)C(=O)N[C@H](CO)C(=O)O. The number of nitrogens with two attached hydrogens (primary N) is 1. The first kappa shape index (κ1) is 14.9. The van der Waals surface area contributed by atoms with Gasteiger partial charge in [-0.25, -0.2) is 4.79 Å². The van der Waals surface area contributed by atoms with E-state index < -0.39 is 35.5 Å². The Kier molecular flexibility index (Phi) is 4.45. The Labute approximate surface area is 94.8 Å². The maximum Gasteiger partial charge on any atom is 0.328 e. The largest absolute Gasteiger partial charge is 0.480 e. The zero-order chi connectivity index (χ0) is 13.1. The fraction of sp³-hybridized carbons (Fsp3) is 0.800. The average Bonchev–Trinajstić information content (AvgIpc) is 2.11. The van der Waals surface area contributed by atoms with Gasteiger partial charge in [-0.2, -0.15) is 0 Å². The molecule has 0 unspecified atom stereocenters. The second-order valence-electron chi connectivity index (χ2n) is 4.89. The summed E-state index contributed by atoms with van der Waals surface area (Å²) in [5.74, 6) is -1.78. The highest BCUT2D eigenvalue weighted by Gasteiger charge is 2.41. The molecule has 0 aliphatic heterocycles. The molecule has 0 aromatic carbocycles. The summed E-state index contributed by atoms with van der Waals surface area (Å²) in [6.45, 7) is 5.96. The number of carbonyl (C=O) groups is 2. The molecule has 0 spiro atoms. The molecule has 0 aliphatic rings. The fourth-order valence-electron chi connectivity index (χ4n) is 0.817. The zero-order valence-corrected chi connectivity index (χ0v) is 10.1. The van der Waals surface area contributed by atoms with Crippen molar-refractivity contribution in [3.63, 3.8) is 0 Å². The summed E-state index contributed by atoms with van der Waals surface area (Å²) in [6.07, 6.45) is 0. The summed E-state index contributed by atoms with van der Waals surface area (Å²) in [5.41, 5.74) is 4.11. The number of amides is 1. The number of aliphatic carboxylic acids is 1. The van der Waals surface area contributed by atoms with Gasteiger partial charge in [0.15, 0.2) is 0 Å². The van der Waals surface area contributed by atoms with Crippen molar-refractivity contribution in [2.75, 3.05) is 6.61 Å². The van der Waals surface area contributed by atoms with Gasteiger partial charge in [-0.3, -0.25) is 4.79 Å². The molecule has 0 aliphatic carbocycles. The van der Waals surface area contributed by atoms with Crippen LogP contribution < -0.4 is 11.1 Å². The van der Waals surface area contributed by atoms with Crippen molar-refractivity contribution >= 4 is 11.9 Å². The Balaban J connectivity index is 4.76. The third kappa shape index (κ3) is 3.18. The standard InChI is InChI=1S/C10H20N2O4/c1-9(2,10(3,4)11)8(16)12-6(5-13)7(14)15/h6,13H,5,11H2,1-4H3,(H,12,16)(H,14,15)/t6-/m1/s1. The van der Waals surface area contributed by atoms with E-state index in [4.69, 9.17) is 15.9 Å². The highest BCUT2D eigenvalue weighted by atomic mass is 16.4. The van der Waals surface area contributed by atoms with Crippen LogP contribution in [0.15, 0.2) is 0 Å². The molecular formula is C10H20N2O4. The molecule has 0 radical (unpaired) electrons. The molecule has 6 nitrogen and oxygen atoms in total. The molecule has 0 saturated heterocycles. The number of carboxylic acid groups (broad SMARTS) is 1. The van der Waals surface area contributed by atoms with E-state index in [2.05, 4.69) is 5.32 Å². The van der Waals surface area contributed by atoms with Crippen LogP contribution in [0.3, 0.4) is 0 Å². The molecule has 0 heterocycles. The molecule has 5 N–H and O–H groups in total. The van der Waals surface area contributed by atoms with E-state index in [9.17, 15) is 9.59 Å². The first-order chi connectivity index (χ1) is 7.04. The number of carbonyl (C=O) groups excluding carboxylic acids is 1. The van der Waals surface area contributed by atoms with E-state index in [-0.39, 0.29) is 0 Å². The van der Waals surface area contributed by atoms with E-state index in [1.165, 1.54) is 0 Å². The van der Waals surface area contributed by atoms with Gasteiger partial charge in [0, 0.05) is 5.54 Å². The van der Waals surface area contributed by atoms with Crippen molar-refractivity contribution in [1.29, 1.82) is 0 Å². The summed E-state index contributed by atoms with van der Waals surface area (Å²) in [5, 5.41) is 19.7. The fourth-order valence-corrected chi connectivity index (χ4v) is 0.817. The van der Waals surface area contributed by atoms with Crippen molar-refractivity contribution < 1.29 is 19.8 Å². The lowest BCUT2D eigenvalue weighted by Gasteiger charge is -2.37. The molecule has 0 aromatic rings. The van der Waals surface area contributed by atoms with E-state index in [1.807, 2.05) is 0 Å². The normalized spacial score (nSPS) is 14.4. The van der Waals surface area contributed by atoms with Crippen molar-refractivity contribution in [3.05, 3.63) is 0 Å². The summed E-state index contributed by atoms with van der Waals surface area (Å²) in [7, 11) is 0. The number of carboxylic acids is 1. The maximum absolute atomic E-state index is 11.8. The van der Waals surface area contributed by atoms with Crippen LogP contribution >= 0.6 is 0 Å². The lowest BCUT2D eigenvalue weighted by Crippen LogP contribution is -2.58. The zero-order valence-electron chi connectivity index (χ0n) is 10.1. The average molecular weight is 232 g/mol. The highest BCUT2D eigenvalue weighted by molar-refractivity contribution is 5.87. The van der Waals surface area contributed by atoms with Crippen molar-refractivity contribution in [2.24, 2.45) is 11.1 Å². The van der Waals surface area contributed by atoms with Gasteiger partial charge in [-0.1, -0.05) is 0 Å². The van der Waals surface area contributed by atoms with Crippen molar-refractivity contribution in [1.82, 2.24) is 5.32 Å². The van der Waals surface area contributed by atoms with Crippen LogP contribution in [0, 0.1) is 5.41 Å². The molecule has 16 heavy (non-hydrogen) atoms. The Morgan fingerprint density at radius 3 is 2.00 bits per heavy atom. The molecule has 0 bridgehead atoms. The van der Waals surface area contributed by atoms with E-state index in [0.717, 1.165) is 0 Å². The molecule has 0 rings (SSSR count). The Bertz CT molecular complexity index is 281. The lowest BCUT2D eigenvalue weighted by atomic mass is 9.74. The van der Waals surface area contributed by atoms with E-state index in [0.29, 0.717) is 0 Å². The first-order valence-corrected chi connectivity index (χ1v) is 4.97. The quantitative estimate of drug-likeness (QED) is 0.501. The topological polar surface area (TPSA) is 113 Å². The molecule has 6 heteroatoms. The minimum absolute atomic E-state index is 0.499. The number of aliphatic hydroxyl groups is 1. The number of rotatable bonds is 5. The maximum atomic E-state index is 11.8. The minimum Gasteiger partial charge on any atom is -0.480 e. The summed E-state index contributed by atoms with van der Waals surface area (Å²) in [6, 6.07) is -1.30. The molecule has 0 saturated carbocycles. The smallest absolute Gasteiger partial charge is 0.328 e. The second-order valence-corrected chi connectivity index (χ2v) is 4.89. The number of hydrogen-bond donors (Lipinski definition) is 4. The highest BCUT2D eigenvalue weighted by Crippen LogP contribution is 2.28. The van der Waals surface area contributed by atoms with Gasteiger partial charge in [0.05, 0.1) is 12.0 Å². The van der Waals surface area contributed by atoms with Crippen LogP contribution in [-0.2, 0) is 9.59 Å². The van der Waals surface area contributed by atoms with Gasteiger partial charge in [-0.15, -0.1) is 0 Å². The molecule has 1 amide bonds. The third-order valence-electron chi connectivity index (χ3n) is 2.96. The molecule has 0 aromatic heterocycles. The molecular weight excluding hydrogens is 212 g/mol. The molecule has 0 fully saturated rings. The van der Waals surface area contributed by atoms with Crippen LogP contribution in [-0.4, -0.2) is 40.3 Å². The van der Waals surface area contributed by atoms with Gasteiger partial charge in [-0.05, 0) is 27.7 Å². The van der Waals surface area contributed by atoms with Gasteiger partial charge < -0.3 is 21.3 Å². The summed E-state index contributed by atoms with van der Waals surface area (Å²) in [4.78, 5) is 22.5. The van der Waals surface area contributed by atoms with Crippen LogP contribution in [0.2, 0.25) is 0 Å². The number of aliphatic hydroxyl groups excluding tert-OH is 1. The summed E-state index contributed by atoms with van der Waals surface area (Å²) < 4.78 is 0. The van der Waals surface area contributed by atoms with Gasteiger partial charge in [0.1, 0.15) is 6.04 Å². The number of nitrogens with one attached hydrogen (secondary N) is 1. The predicted molar refractivity (Wildman–Crippen MR) is 58.7 cm³/mol. The predicted octanol–water partition coefficient (Wildman–Crippen LogP) is -0.688. The van der Waals surface area contributed by atoms with Crippen LogP contribution in [0.4, 0.5) is 0 Å². The Morgan fingerprint density at radius 2 is 1.75 bits per heavy atom. The Morgan fingerprint density at radius 1 is 1.31 bits per heavy atom. The van der Waals surface area contributed by atoms with Crippen LogP contribution in [0.5, 0.6) is 0 Å². The van der Waals surface area contributed by atoms with Gasteiger partial charge in [0.25, 0.3) is 0 Å². The minimum atomic E-state index is -1.30. The van der Waals surface area contributed by atoms with Gasteiger partial charge in [0.2, 0.25) is 5.91 Å². The van der Waals surface area contributed by atoms with E-state index in [1.54, 1.807) is 27.7 Å². The first-order valence-electron chi connectivity index (χ1n) is 4.97. The van der Waals surface area contributed by atoms with Crippen LogP contribution in [0.1, 0.15) is 27.7 Å². The van der Waals surface area contributed by atoms with Crippen molar-refractivity contribution in [3.8, 4) is 0 Å². The molecule has 1 atom stereocenters. The summed E-state index contributed by atoms with van der Waals surface area (Å²) >= 11 is 0.